The van der Waals surface area contributed by atoms with Gasteiger partial charge in [0.05, 0.1) is 19.9 Å². The molecule has 1 amide bonds. The minimum atomic E-state index is -0.289. The molecule has 8 heteroatoms. The Morgan fingerprint density at radius 1 is 1.13 bits per heavy atom. The van der Waals surface area contributed by atoms with E-state index < -0.39 is 0 Å². The molecule has 1 aliphatic rings. The number of thiazole rings is 1. The van der Waals surface area contributed by atoms with Gasteiger partial charge in [-0.05, 0) is 30.3 Å². The maximum atomic E-state index is 12.3. The summed E-state index contributed by atoms with van der Waals surface area (Å²) in [6.07, 6.45) is 3.11. The van der Waals surface area contributed by atoms with E-state index >= 15 is 0 Å². The Bertz CT molecular complexity index is 1090. The molecule has 0 bridgehead atoms. The number of benzene rings is 2. The molecule has 0 atom stereocenters. The van der Waals surface area contributed by atoms with Crippen molar-refractivity contribution in [2.75, 3.05) is 32.8 Å². The number of carbonyl (C=O) groups excluding carboxylic acids is 1. The van der Waals surface area contributed by atoms with Gasteiger partial charge in [0.25, 0.3) is 0 Å². The van der Waals surface area contributed by atoms with Crippen LogP contribution in [0.4, 0.5) is 5.13 Å². The van der Waals surface area contributed by atoms with Crippen LogP contribution in [-0.4, -0.2) is 38.3 Å². The second kappa shape index (κ2) is 8.87. The summed E-state index contributed by atoms with van der Waals surface area (Å²) in [6, 6.07) is 11.2. The van der Waals surface area contributed by atoms with Crippen molar-refractivity contribution >= 4 is 28.5 Å². The fourth-order valence-electron chi connectivity index (χ4n) is 3.02. The quantitative estimate of drug-likeness (QED) is 0.596. The van der Waals surface area contributed by atoms with Crippen LogP contribution in [0.15, 0.2) is 47.9 Å². The third-order valence-electron chi connectivity index (χ3n) is 4.42. The Balaban J connectivity index is 1.45. The van der Waals surface area contributed by atoms with Crippen LogP contribution in [0, 0.1) is 0 Å². The van der Waals surface area contributed by atoms with E-state index in [9.17, 15) is 4.79 Å². The molecule has 0 unspecified atom stereocenters. The molecule has 0 radical (unpaired) electrons. The second-order valence-electron chi connectivity index (χ2n) is 6.30. The van der Waals surface area contributed by atoms with Crippen molar-refractivity contribution in [3.63, 3.8) is 0 Å². The van der Waals surface area contributed by atoms with Gasteiger partial charge in [-0.15, -0.1) is 11.3 Å². The lowest BCUT2D eigenvalue weighted by atomic mass is 10.1. The van der Waals surface area contributed by atoms with Crippen LogP contribution < -0.4 is 24.3 Å². The average Bonchev–Trinajstić information content (AvgIpc) is 3.25. The number of fused-ring (bicyclic) bond motifs is 1. The first kappa shape index (κ1) is 19.8. The molecule has 1 N–H and O–H groups in total. The van der Waals surface area contributed by atoms with Crippen molar-refractivity contribution in [1.82, 2.24) is 4.98 Å². The van der Waals surface area contributed by atoms with Crippen LogP contribution >= 0.6 is 11.3 Å². The molecule has 30 heavy (non-hydrogen) atoms. The molecular formula is C22H20N2O5S. The zero-order chi connectivity index (χ0) is 20.9. The van der Waals surface area contributed by atoms with E-state index in [1.807, 2.05) is 35.7 Å². The van der Waals surface area contributed by atoms with Gasteiger partial charge in [-0.1, -0.05) is 12.1 Å². The fraction of sp³-hybridized carbons (Fsp3) is 0.182. The van der Waals surface area contributed by atoms with E-state index in [-0.39, 0.29) is 5.91 Å². The molecule has 2 aromatic carbocycles. The van der Waals surface area contributed by atoms with Crippen molar-refractivity contribution in [1.29, 1.82) is 0 Å². The summed E-state index contributed by atoms with van der Waals surface area (Å²) >= 11 is 1.35. The van der Waals surface area contributed by atoms with Gasteiger partial charge >= 0.3 is 0 Å². The number of nitrogens with zero attached hydrogens (tertiary/aromatic N) is 1. The first-order chi connectivity index (χ1) is 14.7. The number of amides is 1. The molecule has 0 spiro atoms. The third-order valence-corrected chi connectivity index (χ3v) is 5.18. The molecule has 2 heterocycles. The van der Waals surface area contributed by atoms with Crippen molar-refractivity contribution in [2.45, 2.75) is 0 Å². The van der Waals surface area contributed by atoms with E-state index in [4.69, 9.17) is 18.9 Å². The number of ether oxygens (including phenoxy) is 4. The van der Waals surface area contributed by atoms with Crippen LogP contribution in [0.5, 0.6) is 23.0 Å². The van der Waals surface area contributed by atoms with Gasteiger partial charge in [-0.2, -0.15) is 0 Å². The molecule has 4 rings (SSSR count). The smallest absolute Gasteiger partial charge is 0.250 e. The van der Waals surface area contributed by atoms with Crippen molar-refractivity contribution < 1.29 is 23.7 Å². The molecule has 3 aromatic rings. The van der Waals surface area contributed by atoms with Crippen LogP contribution in [0.1, 0.15) is 5.56 Å². The molecular weight excluding hydrogens is 404 g/mol. The van der Waals surface area contributed by atoms with E-state index in [2.05, 4.69) is 10.3 Å². The predicted octanol–water partition coefficient (Wildman–Crippen LogP) is 4.25. The molecule has 154 valence electrons. The number of aromatic nitrogens is 1. The number of nitrogens with one attached hydrogen (secondary N) is 1. The lowest BCUT2D eigenvalue weighted by molar-refractivity contribution is -0.111. The number of rotatable bonds is 6. The van der Waals surface area contributed by atoms with E-state index in [1.165, 1.54) is 17.4 Å². The standard InChI is InChI=1S/C22H20N2O5S/c1-26-18-5-3-4-14(21(18)27-2)7-9-20(25)24-22-23-16(13-30-22)15-6-8-17-19(12-15)29-11-10-28-17/h3-9,12-13H,10-11H2,1-2H3,(H,23,24,25)/b9-7+. The van der Waals surface area contributed by atoms with Crippen LogP contribution in [0.25, 0.3) is 17.3 Å². The number of anilines is 1. The molecule has 1 aliphatic heterocycles. The zero-order valence-corrected chi connectivity index (χ0v) is 17.3. The highest BCUT2D eigenvalue weighted by atomic mass is 32.1. The molecule has 0 fully saturated rings. The second-order valence-corrected chi connectivity index (χ2v) is 7.16. The van der Waals surface area contributed by atoms with Gasteiger partial charge in [0.2, 0.25) is 5.91 Å². The van der Waals surface area contributed by atoms with Gasteiger partial charge in [0.1, 0.15) is 13.2 Å². The summed E-state index contributed by atoms with van der Waals surface area (Å²) in [4.78, 5) is 16.8. The summed E-state index contributed by atoms with van der Waals surface area (Å²) in [7, 11) is 3.13. The highest BCUT2D eigenvalue weighted by Gasteiger charge is 2.14. The Kier molecular flexibility index (Phi) is 5.85. The summed E-state index contributed by atoms with van der Waals surface area (Å²) in [5, 5.41) is 5.18. The maximum absolute atomic E-state index is 12.3. The highest BCUT2D eigenvalue weighted by Crippen LogP contribution is 2.35. The van der Waals surface area contributed by atoms with Crippen LogP contribution in [0.2, 0.25) is 0 Å². The fourth-order valence-corrected chi connectivity index (χ4v) is 3.74. The molecule has 7 nitrogen and oxygen atoms in total. The monoisotopic (exact) mass is 424 g/mol. The number of para-hydroxylation sites is 1. The van der Waals surface area contributed by atoms with Gasteiger partial charge in [0, 0.05) is 22.6 Å². The molecule has 1 aromatic heterocycles. The van der Waals surface area contributed by atoms with E-state index in [0.29, 0.717) is 35.6 Å². The number of hydrogen-bond acceptors (Lipinski definition) is 7. The summed E-state index contributed by atoms with van der Waals surface area (Å²) in [5.41, 5.74) is 2.39. The number of hydrogen-bond donors (Lipinski definition) is 1. The Morgan fingerprint density at radius 2 is 1.97 bits per heavy atom. The van der Waals surface area contributed by atoms with Gasteiger partial charge in [0.15, 0.2) is 28.1 Å². The van der Waals surface area contributed by atoms with Crippen LogP contribution in [-0.2, 0) is 4.79 Å². The van der Waals surface area contributed by atoms with Crippen molar-refractivity contribution in [3.05, 3.63) is 53.4 Å². The van der Waals surface area contributed by atoms with Gasteiger partial charge in [-0.3, -0.25) is 10.1 Å². The normalized spacial score (nSPS) is 12.6. The Hall–Kier alpha value is -3.52. The maximum Gasteiger partial charge on any atom is 0.250 e. The van der Waals surface area contributed by atoms with Gasteiger partial charge < -0.3 is 18.9 Å². The highest BCUT2D eigenvalue weighted by molar-refractivity contribution is 7.14. The summed E-state index contributed by atoms with van der Waals surface area (Å²) < 4.78 is 21.8. The molecule has 0 saturated carbocycles. The minimum Gasteiger partial charge on any atom is -0.493 e. The molecule has 0 aliphatic carbocycles. The first-order valence-electron chi connectivity index (χ1n) is 9.23. The third kappa shape index (κ3) is 4.23. The van der Waals surface area contributed by atoms with Crippen molar-refractivity contribution in [3.8, 4) is 34.3 Å². The zero-order valence-electron chi connectivity index (χ0n) is 16.5. The lowest BCUT2D eigenvalue weighted by Gasteiger charge is -2.18. The molecule has 0 saturated heterocycles. The Labute approximate surface area is 177 Å². The predicted molar refractivity (Wildman–Crippen MR) is 116 cm³/mol. The Morgan fingerprint density at radius 3 is 2.77 bits per heavy atom. The van der Waals surface area contributed by atoms with Crippen LogP contribution in [0.3, 0.4) is 0 Å². The van der Waals surface area contributed by atoms with Gasteiger partial charge in [-0.25, -0.2) is 4.98 Å². The first-order valence-corrected chi connectivity index (χ1v) is 10.1. The summed E-state index contributed by atoms with van der Waals surface area (Å²) in [6.45, 7) is 1.08. The topological polar surface area (TPSA) is 78.9 Å². The van der Waals surface area contributed by atoms with E-state index in [0.717, 1.165) is 22.6 Å². The summed E-state index contributed by atoms with van der Waals surface area (Å²) in [5.74, 6) is 2.31. The lowest BCUT2D eigenvalue weighted by Crippen LogP contribution is -2.15. The number of methoxy groups -OCH3 is 2. The average molecular weight is 424 g/mol. The van der Waals surface area contributed by atoms with Crippen molar-refractivity contribution in [2.24, 2.45) is 0 Å². The minimum absolute atomic E-state index is 0.289. The largest absolute Gasteiger partial charge is 0.493 e. The van der Waals surface area contributed by atoms with E-state index in [1.54, 1.807) is 26.4 Å². The number of carbonyl (C=O) groups is 1. The SMILES string of the molecule is COc1cccc(/C=C/C(=O)Nc2nc(-c3ccc4c(c3)OCCO4)cs2)c1OC.